The quantitative estimate of drug-likeness (QED) is 0.858. The van der Waals surface area contributed by atoms with Gasteiger partial charge in [0.1, 0.15) is 0 Å². The van der Waals surface area contributed by atoms with Crippen LogP contribution in [0.1, 0.15) is 5.56 Å². The van der Waals surface area contributed by atoms with E-state index in [1.54, 1.807) is 19.1 Å². The molecule has 2 atom stereocenters. The van der Waals surface area contributed by atoms with Crippen molar-refractivity contribution < 1.29 is 13.5 Å². The van der Waals surface area contributed by atoms with E-state index in [-0.39, 0.29) is 4.90 Å². The van der Waals surface area contributed by atoms with Crippen LogP contribution in [0.3, 0.4) is 0 Å². The maximum Gasteiger partial charge on any atom is 0.243 e. The molecular formula is C12H17ClN2O3S. The predicted molar refractivity (Wildman–Crippen MR) is 73.8 cm³/mol. The number of likely N-dealkylation sites (N-methyl/N-ethyl adjacent to an activating group) is 1. The van der Waals surface area contributed by atoms with Gasteiger partial charge in [-0.2, -0.15) is 4.31 Å². The summed E-state index contributed by atoms with van der Waals surface area (Å²) in [5.74, 6) is 0. The second-order valence-corrected chi connectivity index (χ2v) is 7.13. The largest absolute Gasteiger partial charge is 0.390 e. The van der Waals surface area contributed by atoms with Crippen LogP contribution < -0.4 is 5.32 Å². The number of aryl methyl sites for hydroxylation is 1. The first kappa shape index (κ1) is 14.7. The smallest absolute Gasteiger partial charge is 0.243 e. The molecular weight excluding hydrogens is 288 g/mol. The van der Waals surface area contributed by atoms with Gasteiger partial charge in [-0.1, -0.05) is 11.6 Å². The summed E-state index contributed by atoms with van der Waals surface area (Å²) in [6.45, 7) is 2.56. The van der Waals surface area contributed by atoms with E-state index in [1.807, 2.05) is 0 Å². The highest BCUT2D eigenvalue weighted by molar-refractivity contribution is 7.89. The normalized spacial score (nSPS) is 24.1. The van der Waals surface area contributed by atoms with Gasteiger partial charge in [-0.25, -0.2) is 8.42 Å². The van der Waals surface area contributed by atoms with Gasteiger partial charge in [-0.05, 0) is 30.7 Å². The Morgan fingerprint density at radius 3 is 2.63 bits per heavy atom. The fraction of sp³-hybridized carbons (Fsp3) is 0.500. The molecule has 1 aliphatic heterocycles. The van der Waals surface area contributed by atoms with E-state index in [2.05, 4.69) is 5.32 Å². The van der Waals surface area contributed by atoms with Crippen molar-refractivity contribution in [3.05, 3.63) is 28.8 Å². The molecule has 0 saturated carbocycles. The second kappa shape index (κ2) is 5.38. The zero-order valence-corrected chi connectivity index (χ0v) is 12.4. The molecule has 0 aliphatic carbocycles. The average Bonchev–Trinajstić information content (AvgIpc) is 2.73. The Morgan fingerprint density at radius 1 is 1.42 bits per heavy atom. The minimum Gasteiger partial charge on any atom is -0.390 e. The summed E-state index contributed by atoms with van der Waals surface area (Å²) in [5, 5.41) is 13.3. The molecule has 19 heavy (non-hydrogen) atoms. The lowest BCUT2D eigenvalue weighted by Crippen LogP contribution is -2.44. The number of hydrogen-bond donors (Lipinski definition) is 2. The monoisotopic (exact) mass is 304 g/mol. The summed E-state index contributed by atoms with van der Waals surface area (Å²) in [6.07, 6.45) is -0.688. The van der Waals surface area contributed by atoms with Gasteiger partial charge in [0.05, 0.1) is 17.0 Å². The lowest BCUT2D eigenvalue weighted by atomic mass is 10.2. The number of halogens is 1. The third-order valence-corrected chi connectivity index (χ3v) is 5.69. The molecule has 1 aromatic rings. The molecule has 106 valence electrons. The summed E-state index contributed by atoms with van der Waals surface area (Å²) in [5.41, 5.74) is 0.597. The van der Waals surface area contributed by atoms with Crippen LogP contribution in [0.4, 0.5) is 0 Å². The van der Waals surface area contributed by atoms with Gasteiger partial charge >= 0.3 is 0 Å². The van der Waals surface area contributed by atoms with Gasteiger partial charge in [0.2, 0.25) is 10.0 Å². The maximum absolute atomic E-state index is 12.5. The fourth-order valence-electron chi connectivity index (χ4n) is 2.26. The Bertz CT molecular complexity index is 576. The molecule has 1 aromatic carbocycles. The van der Waals surface area contributed by atoms with Crippen molar-refractivity contribution in [2.45, 2.75) is 24.0 Å². The van der Waals surface area contributed by atoms with Crippen molar-refractivity contribution in [2.24, 2.45) is 0 Å². The van der Waals surface area contributed by atoms with Gasteiger partial charge in [-0.3, -0.25) is 0 Å². The molecule has 0 aromatic heterocycles. The minimum absolute atomic E-state index is 0.221. The van der Waals surface area contributed by atoms with E-state index >= 15 is 0 Å². The first-order chi connectivity index (χ1) is 8.84. The Morgan fingerprint density at radius 2 is 2.11 bits per heavy atom. The van der Waals surface area contributed by atoms with Crippen LogP contribution in [0.2, 0.25) is 5.02 Å². The van der Waals surface area contributed by atoms with Crippen molar-refractivity contribution >= 4 is 21.6 Å². The molecule has 0 bridgehead atoms. The van der Waals surface area contributed by atoms with Crippen molar-refractivity contribution in [1.82, 2.24) is 9.62 Å². The van der Waals surface area contributed by atoms with E-state index < -0.39 is 22.2 Å². The third-order valence-electron chi connectivity index (χ3n) is 3.41. The SMILES string of the molecule is Cc1cc(Cl)ccc1S(=O)(=O)N(C)[C@H]1CNC[C@@H]1O. The molecule has 2 rings (SSSR count). The second-order valence-electron chi connectivity index (χ2n) is 4.72. The fourth-order valence-corrected chi connectivity index (χ4v) is 4.07. The van der Waals surface area contributed by atoms with E-state index in [9.17, 15) is 13.5 Å². The Kier molecular flexibility index (Phi) is 4.17. The molecule has 5 nitrogen and oxygen atoms in total. The molecule has 0 radical (unpaired) electrons. The van der Waals surface area contributed by atoms with Gasteiger partial charge in [0, 0.05) is 25.2 Å². The number of aliphatic hydroxyl groups excluding tert-OH is 1. The van der Waals surface area contributed by atoms with Crippen LogP contribution in [0.15, 0.2) is 23.1 Å². The van der Waals surface area contributed by atoms with E-state index in [1.165, 1.54) is 17.4 Å². The number of rotatable bonds is 3. The van der Waals surface area contributed by atoms with Crippen LogP contribution in [-0.2, 0) is 10.0 Å². The van der Waals surface area contributed by atoms with Gasteiger partial charge in [0.15, 0.2) is 0 Å². The predicted octanol–water partition coefficient (Wildman–Crippen LogP) is 0.602. The molecule has 1 heterocycles. The molecule has 1 saturated heterocycles. The van der Waals surface area contributed by atoms with Crippen molar-refractivity contribution in [2.75, 3.05) is 20.1 Å². The zero-order chi connectivity index (χ0) is 14.2. The molecule has 0 amide bonds. The van der Waals surface area contributed by atoms with Gasteiger partial charge in [-0.15, -0.1) is 0 Å². The number of benzene rings is 1. The number of aliphatic hydroxyl groups is 1. The number of β-amino-alcohol motifs (C(OH)–C–C–N with tert-alkyl or cyclic N) is 1. The van der Waals surface area contributed by atoms with E-state index in [4.69, 9.17) is 11.6 Å². The summed E-state index contributed by atoms with van der Waals surface area (Å²) in [6, 6.07) is 4.22. The molecule has 1 fully saturated rings. The molecule has 2 N–H and O–H groups in total. The number of nitrogens with one attached hydrogen (secondary N) is 1. The molecule has 7 heteroatoms. The molecule has 0 unspecified atom stereocenters. The number of nitrogens with zero attached hydrogens (tertiary/aromatic N) is 1. The highest BCUT2D eigenvalue weighted by atomic mass is 35.5. The topological polar surface area (TPSA) is 69.6 Å². The Hall–Kier alpha value is -0.660. The Labute approximate surface area is 118 Å². The number of hydrogen-bond acceptors (Lipinski definition) is 4. The first-order valence-corrected chi connectivity index (χ1v) is 7.79. The highest BCUT2D eigenvalue weighted by Crippen LogP contribution is 2.24. The standard InChI is InChI=1S/C12H17ClN2O3S/c1-8-5-9(13)3-4-12(8)19(17,18)15(2)10-6-14-7-11(10)16/h3-5,10-11,14,16H,6-7H2,1-2H3/t10-,11-/m0/s1. The average molecular weight is 305 g/mol. The summed E-state index contributed by atoms with van der Waals surface area (Å²) >= 11 is 5.84. The van der Waals surface area contributed by atoms with Crippen molar-refractivity contribution in [3.63, 3.8) is 0 Å². The zero-order valence-electron chi connectivity index (χ0n) is 10.8. The summed E-state index contributed by atoms with van der Waals surface area (Å²) < 4.78 is 26.3. The van der Waals surface area contributed by atoms with Gasteiger partial charge in [0.25, 0.3) is 0 Å². The lowest BCUT2D eigenvalue weighted by Gasteiger charge is -2.26. The minimum atomic E-state index is -3.63. The van der Waals surface area contributed by atoms with Crippen LogP contribution in [0.5, 0.6) is 0 Å². The summed E-state index contributed by atoms with van der Waals surface area (Å²) in [7, 11) is -2.14. The van der Waals surface area contributed by atoms with Crippen LogP contribution >= 0.6 is 11.6 Å². The lowest BCUT2D eigenvalue weighted by molar-refractivity contribution is 0.136. The molecule has 0 spiro atoms. The van der Waals surface area contributed by atoms with Crippen LogP contribution in [0, 0.1) is 6.92 Å². The van der Waals surface area contributed by atoms with Crippen molar-refractivity contribution in [1.29, 1.82) is 0 Å². The Balaban J connectivity index is 2.36. The maximum atomic E-state index is 12.5. The summed E-state index contributed by atoms with van der Waals surface area (Å²) in [4.78, 5) is 0.221. The van der Waals surface area contributed by atoms with Crippen LogP contribution in [0.25, 0.3) is 0 Å². The third kappa shape index (κ3) is 2.78. The molecule has 1 aliphatic rings. The van der Waals surface area contributed by atoms with E-state index in [0.717, 1.165) is 0 Å². The number of sulfonamides is 1. The van der Waals surface area contributed by atoms with Gasteiger partial charge < -0.3 is 10.4 Å². The van der Waals surface area contributed by atoms with Crippen molar-refractivity contribution in [3.8, 4) is 0 Å². The first-order valence-electron chi connectivity index (χ1n) is 5.97. The van der Waals surface area contributed by atoms with E-state index in [0.29, 0.717) is 23.7 Å². The highest BCUT2D eigenvalue weighted by Gasteiger charge is 2.36. The van der Waals surface area contributed by atoms with Crippen LogP contribution in [-0.4, -0.2) is 50.1 Å².